The minimum Gasteiger partial charge on any atom is -0.478 e. The molecule has 0 aliphatic carbocycles. The Morgan fingerprint density at radius 3 is 2.50 bits per heavy atom. The van der Waals surface area contributed by atoms with Crippen molar-refractivity contribution >= 4 is 11.9 Å². The summed E-state index contributed by atoms with van der Waals surface area (Å²) < 4.78 is 5.11. The number of carboxylic acids is 1. The van der Waals surface area contributed by atoms with Gasteiger partial charge in [-0.3, -0.25) is 0 Å². The van der Waals surface area contributed by atoms with Crippen molar-refractivity contribution in [3.63, 3.8) is 0 Å². The first-order chi connectivity index (χ1) is 7.31. The summed E-state index contributed by atoms with van der Waals surface area (Å²) in [4.78, 5) is 22.6. The Bertz CT molecular complexity index is 374. The van der Waals surface area contributed by atoms with Gasteiger partial charge in [-0.05, 0) is 20.8 Å². The maximum atomic E-state index is 11.7. The van der Waals surface area contributed by atoms with E-state index >= 15 is 0 Å². The number of carbonyl (C=O) groups excluding carboxylic acids is 1. The van der Waals surface area contributed by atoms with Gasteiger partial charge in [-0.2, -0.15) is 0 Å². The van der Waals surface area contributed by atoms with Crippen LogP contribution in [0.1, 0.15) is 20.8 Å². The molecular formula is C11H15NO4. The second-order valence-electron chi connectivity index (χ2n) is 4.39. The molecule has 0 spiro atoms. The molecule has 2 N–H and O–H groups in total. The van der Waals surface area contributed by atoms with Crippen molar-refractivity contribution in [2.75, 3.05) is 6.54 Å². The van der Waals surface area contributed by atoms with E-state index in [9.17, 15) is 9.59 Å². The number of hydrogen-bond donors (Lipinski definition) is 2. The number of carboxylic acid groups (broad SMARTS) is 1. The van der Waals surface area contributed by atoms with Gasteiger partial charge in [0.1, 0.15) is 5.60 Å². The van der Waals surface area contributed by atoms with Gasteiger partial charge in [0, 0.05) is 12.7 Å². The summed E-state index contributed by atoms with van der Waals surface area (Å²) in [5.41, 5.74) is -0.611. The van der Waals surface area contributed by atoms with Crippen molar-refractivity contribution in [2.45, 2.75) is 26.4 Å². The van der Waals surface area contributed by atoms with Crippen LogP contribution in [-0.2, 0) is 14.3 Å². The molecule has 5 nitrogen and oxygen atoms in total. The minimum absolute atomic E-state index is 0.0204. The number of carbonyl (C=O) groups is 2. The fraction of sp³-hybridized carbons (Fsp3) is 0.455. The number of dihydropyridines is 1. The largest absolute Gasteiger partial charge is 0.478 e. The highest BCUT2D eigenvalue weighted by atomic mass is 16.6. The number of aliphatic carboxylic acids is 1. The second-order valence-corrected chi connectivity index (χ2v) is 4.39. The zero-order valence-corrected chi connectivity index (χ0v) is 9.53. The van der Waals surface area contributed by atoms with Crippen molar-refractivity contribution in [1.29, 1.82) is 0 Å². The highest BCUT2D eigenvalue weighted by Gasteiger charge is 2.26. The summed E-state index contributed by atoms with van der Waals surface area (Å²) in [6.07, 6.45) is 2.82. The quantitative estimate of drug-likeness (QED) is 0.681. The molecule has 0 bridgehead atoms. The summed E-state index contributed by atoms with van der Waals surface area (Å²) in [6.45, 7) is 5.58. The van der Waals surface area contributed by atoms with Crippen LogP contribution in [0.2, 0.25) is 0 Å². The lowest BCUT2D eigenvalue weighted by molar-refractivity contribution is -0.150. The van der Waals surface area contributed by atoms with Crippen LogP contribution in [0.15, 0.2) is 23.4 Å². The molecule has 0 aromatic heterocycles. The molecule has 0 radical (unpaired) electrons. The predicted molar refractivity (Wildman–Crippen MR) is 57.6 cm³/mol. The van der Waals surface area contributed by atoms with E-state index in [1.165, 1.54) is 12.3 Å². The summed E-state index contributed by atoms with van der Waals surface area (Å²) in [6, 6.07) is 0. The Kier molecular flexibility index (Phi) is 3.37. The Labute approximate surface area is 93.8 Å². The Morgan fingerprint density at radius 2 is 2.00 bits per heavy atom. The molecule has 0 unspecified atom stereocenters. The SMILES string of the molecule is CC(C)(C)OC(=O)C1=CNCC=C1C(=O)O. The van der Waals surface area contributed by atoms with E-state index in [0.717, 1.165) is 0 Å². The van der Waals surface area contributed by atoms with Crippen molar-refractivity contribution in [2.24, 2.45) is 0 Å². The van der Waals surface area contributed by atoms with E-state index < -0.39 is 17.5 Å². The maximum Gasteiger partial charge on any atom is 0.341 e. The Morgan fingerprint density at radius 1 is 1.38 bits per heavy atom. The average molecular weight is 225 g/mol. The average Bonchev–Trinajstić information content (AvgIpc) is 2.15. The molecule has 1 rings (SSSR count). The molecule has 1 heterocycles. The molecule has 1 aliphatic heterocycles. The number of esters is 1. The van der Waals surface area contributed by atoms with Gasteiger partial charge in [0.15, 0.2) is 0 Å². The lowest BCUT2D eigenvalue weighted by atomic mass is 10.0. The summed E-state index contributed by atoms with van der Waals surface area (Å²) in [5.74, 6) is -1.76. The molecule has 0 aromatic carbocycles. The van der Waals surface area contributed by atoms with Crippen LogP contribution in [-0.4, -0.2) is 29.2 Å². The molecular weight excluding hydrogens is 210 g/mol. The lowest BCUT2D eigenvalue weighted by Gasteiger charge is -2.21. The van der Waals surface area contributed by atoms with E-state index in [4.69, 9.17) is 9.84 Å². The zero-order chi connectivity index (χ0) is 12.3. The highest BCUT2D eigenvalue weighted by molar-refractivity contribution is 6.06. The van der Waals surface area contributed by atoms with Crippen LogP contribution in [0.5, 0.6) is 0 Å². The van der Waals surface area contributed by atoms with Crippen LogP contribution in [0, 0.1) is 0 Å². The van der Waals surface area contributed by atoms with Gasteiger partial charge in [0.2, 0.25) is 0 Å². The first kappa shape index (κ1) is 12.3. The molecule has 0 saturated carbocycles. The van der Waals surface area contributed by atoms with Gasteiger partial charge in [-0.15, -0.1) is 0 Å². The van der Waals surface area contributed by atoms with Crippen molar-refractivity contribution in [3.8, 4) is 0 Å². The molecule has 5 heteroatoms. The molecule has 1 aliphatic rings. The molecule has 88 valence electrons. The van der Waals surface area contributed by atoms with Gasteiger partial charge in [0.05, 0.1) is 11.1 Å². The van der Waals surface area contributed by atoms with E-state index in [0.29, 0.717) is 6.54 Å². The van der Waals surface area contributed by atoms with Crippen LogP contribution < -0.4 is 5.32 Å². The third kappa shape index (κ3) is 3.12. The predicted octanol–water partition coefficient (Wildman–Crippen LogP) is 0.826. The van der Waals surface area contributed by atoms with E-state index in [-0.39, 0.29) is 11.1 Å². The molecule has 0 fully saturated rings. The van der Waals surface area contributed by atoms with Gasteiger partial charge < -0.3 is 15.2 Å². The first-order valence-electron chi connectivity index (χ1n) is 4.92. The van der Waals surface area contributed by atoms with E-state index in [1.807, 2.05) is 0 Å². The Hall–Kier alpha value is -1.78. The molecule has 16 heavy (non-hydrogen) atoms. The van der Waals surface area contributed by atoms with Crippen LogP contribution >= 0.6 is 0 Å². The number of rotatable bonds is 2. The summed E-state index contributed by atoms with van der Waals surface area (Å²) in [5, 5.41) is 11.7. The smallest absolute Gasteiger partial charge is 0.341 e. The van der Waals surface area contributed by atoms with Gasteiger partial charge in [0.25, 0.3) is 0 Å². The second kappa shape index (κ2) is 4.38. The van der Waals surface area contributed by atoms with Gasteiger partial charge in [-0.1, -0.05) is 6.08 Å². The van der Waals surface area contributed by atoms with Crippen molar-refractivity contribution in [3.05, 3.63) is 23.4 Å². The first-order valence-corrected chi connectivity index (χ1v) is 4.92. The van der Waals surface area contributed by atoms with E-state index in [1.54, 1.807) is 20.8 Å². The lowest BCUT2D eigenvalue weighted by Crippen LogP contribution is -2.29. The number of ether oxygens (including phenoxy) is 1. The fourth-order valence-corrected chi connectivity index (χ4v) is 1.21. The topological polar surface area (TPSA) is 75.6 Å². The fourth-order valence-electron chi connectivity index (χ4n) is 1.21. The van der Waals surface area contributed by atoms with Gasteiger partial charge >= 0.3 is 11.9 Å². The van der Waals surface area contributed by atoms with Crippen LogP contribution in [0.3, 0.4) is 0 Å². The van der Waals surface area contributed by atoms with E-state index in [2.05, 4.69) is 5.32 Å². The highest BCUT2D eigenvalue weighted by Crippen LogP contribution is 2.18. The number of nitrogens with one attached hydrogen (secondary N) is 1. The summed E-state index contributed by atoms with van der Waals surface area (Å²) >= 11 is 0. The molecule has 0 amide bonds. The van der Waals surface area contributed by atoms with Crippen LogP contribution in [0.4, 0.5) is 0 Å². The normalized spacial score (nSPS) is 15.7. The monoisotopic (exact) mass is 225 g/mol. The summed E-state index contributed by atoms with van der Waals surface area (Å²) in [7, 11) is 0. The number of hydrogen-bond acceptors (Lipinski definition) is 4. The Balaban J connectivity index is 2.87. The van der Waals surface area contributed by atoms with Crippen molar-refractivity contribution in [1.82, 2.24) is 5.32 Å². The van der Waals surface area contributed by atoms with Crippen molar-refractivity contribution < 1.29 is 19.4 Å². The zero-order valence-electron chi connectivity index (χ0n) is 9.53. The standard InChI is InChI=1S/C11H15NO4/c1-11(2,3)16-10(15)8-6-12-5-4-7(8)9(13)14/h4,6,12H,5H2,1-3H3,(H,13,14). The molecule has 0 aromatic rings. The molecule has 0 atom stereocenters. The third-order valence-corrected chi connectivity index (χ3v) is 1.81. The van der Waals surface area contributed by atoms with Crippen LogP contribution in [0.25, 0.3) is 0 Å². The van der Waals surface area contributed by atoms with Gasteiger partial charge in [-0.25, -0.2) is 9.59 Å². The third-order valence-electron chi connectivity index (χ3n) is 1.81. The molecule has 0 saturated heterocycles. The maximum absolute atomic E-state index is 11.7. The minimum atomic E-state index is -1.13.